The third-order valence-corrected chi connectivity index (χ3v) is 6.28. The largest absolute Gasteiger partial charge is 0.492 e. The van der Waals surface area contributed by atoms with E-state index in [-0.39, 0.29) is 6.61 Å². The van der Waals surface area contributed by atoms with Crippen LogP contribution in [-0.4, -0.2) is 67.5 Å². The van der Waals surface area contributed by atoms with E-state index in [0.717, 1.165) is 38.3 Å². The minimum absolute atomic E-state index is 0.248. The summed E-state index contributed by atoms with van der Waals surface area (Å²) in [7, 11) is 4.07. The molecule has 7 heteroatoms. The second kappa shape index (κ2) is 11.4. The highest BCUT2D eigenvalue weighted by atomic mass is 35.5. The molecule has 31 heavy (non-hydrogen) atoms. The van der Waals surface area contributed by atoms with Crippen LogP contribution in [0.5, 0.6) is 11.5 Å². The van der Waals surface area contributed by atoms with E-state index in [9.17, 15) is 5.11 Å². The minimum Gasteiger partial charge on any atom is -0.492 e. The van der Waals surface area contributed by atoms with Crippen molar-refractivity contribution in [1.29, 1.82) is 0 Å². The predicted octanol–water partition coefficient (Wildman–Crippen LogP) is 4.73. The molecular weight excluding hydrogens is 435 g/mol. The standard InChI is InChI=1S/C24H32Cl2N2O3/c1-27(2)14-15-30-20-6-4-19(5-7-20)17-28-12-3-10-24(29,11-13-28)18-31-21-8-9-22(25)23(26)16-21/h4-9,16,29H,3,10-15,17-18H2,1-2H3/t24-/m1/s1. The SMILES string of the molecule is CN(C)CCOc1ccc(CN2CCC[C@](O)(COc3ccc(Cl)c(Cl)c3)CC2)cc1. The fraction of sp³-hybridized carbons (Fsp3) is 0.500. The Morgan fingerprint density at radius 3 is 2.42 bits per heavy atom. The number of ether oxygens (including phenoxy) is 2. The van der Waals surface area contributed by atoms with Crippen molar-refractivity contribution in [2.24, 2.45) is 0 Å². The first kappa shape index (κ1) is 24.1. The minimum atomic E-state index is -0.842. The van der Waals surface area contributed by atoms with Crippen molar-refractivity contribution in [2.75, 3.05) is 46.9 Å². The lowest BCUT2D eigenvalue weighted by Gasteiger charge is -2.27. The van der Waals surface area contributed by atoms with Crippen LogP contribution in [0.1, 0.15) is 24.8 Å². The summed E-state index contributed by atoms with van der Waals surface area (Å²) in [6.07, 6.45) is 2.30. The first-order valence-electron chi connectivity index (χ1n) is 10.7. The van der Waals surface area contributed by atoms with E-state index >= 15 is 0 Å². The topological polar surface area (TPSA) is 45.2 Å². The predicted molar refractivity (Wildman–Crippen MR) is 127 cm³/mol. The number of aliphatic hydroxyl groups is 1. The van der Waals surface area contributed by atoms with E-state index in [0.29, 0.717) is 35.2 Å². The molecule has 0 bridgehead atoms. The Kier molecular flexibility index (Phi) is 8.87. The van der Waals surface area contributed by atoms with E-state index in [2.05, 4.69) is 21.9 Å². The van der Waals surface area contributed by atoms with E-state index in [1.165, 1.54) is 5.56 Å². The Balaban J connectivity index is 1.47. The molecule has 0 radical (unpaired) electrons. The van der Waals surface area contributed by atoms with Crippen LogP contribution in [0.4, 0.5) is 0 Å². The van der Waals surface area contributed by atoms with Crippen molar-refractivity contribution in [3.63, 3.8) is 0 Å². The lowest BCUT2D eigenvalue weighted by Crippen LogP contribution is -2.37. The summed E-state index contributed by atoms with van der Waals surface area (Å²) in [5.74, 6) is 1.52. The van der Waals surface area contributed by atoms with Crippen molar-refractivity contribution in [1.82, 2.24) is 9.80 Å². The van der Waals surface area contributed by atoms with Crippen LogP contribution in [-0.2, 0) is 6.54 Å². The number of nitrogens with zero attached hydrogens (tertiary/aromatic N) is 2. The van der Waals surface area contributed by atoms with Gasteiger partial charge in [-0.05, 0) is 69.7 Å². The van der Waals surface area contributed by atoms with Crippen molar-refractivity contribution >= 4 is 23.2 Å². The van der Waals surface area contributed by atoms with E-state index in [1.54, 1.807) is 18.2 Å². The molecule has 0 unspecified atom stereocenters. The van der Waals surface area contributed by atoms with Crippen LogP contribution in [0.25, 0.3) is 0 Å². The zero-order chi connectivity index (χ0) is 22.3. The number of hydrogen-bond donors (Lipinski definition) is 1. The lowest BCUT2D eigenvalue weighted by atomic mass is 9.96. The van der Waals surface area contributed by atoms with Gasteiger partial charge in [0.05, 0.1) is 15.6 Å². The molecule has 0 amide bonds. The van der Waals surface area contributed by atoms with Gasteiger partial charge in [-0.3, -0.25) is 4.90 Å². The molecule has 1 heterocycles. The fourth-order valence-electron chi connectivity index (χ4n) is 3.62. The van der Waals surface area contributed by atoms with E-state index in [1.807, 2.05) is 26.2 Å². The molecule has 3 rings (SSSR count). The summed E-state index contributed by atoms with van der Waals surface area (Å²) in [4.78, 5) is 4.49. The molecule has 0 saturated carbocycles. The monoisotopic (exact) mass is 466 g/mol. The fourth-order valence-corrected chi connectivity index (χ4v) is 3.90. The molecule has 2 aromatic carbocycles. The van der Waals surface area contributed by atoms with Gasteiger partial charge in [0.15, 0.2) is 0 Å². The van der Waals surface area contributed by atoms with Gasteiger partial charge in [0.2, 0.25) is 0 Å². The highest BCUT2D eigenvalue weighted by molar-refractivity contribution is 6.42. The Morgan fingerprint density at radius 1 is 0.968 bits per heavy atom. The quantitative estimate of drug-likeness (QED) is 0.578. The number of likely N-dealkylation sites (N-methyl/N-ethyl adjacent to an activating group) is 1. The maximum atomic E-state index is 11.0. The maximum Gasteiger partial charge on any atom is 0.121 e. The molecule has 1 N–H and O–H groups in total. The lowest BCUT2D eigenvalue weighted by molar-refractivity contribution is -0.0168. The summed E-state index contributed by atoms with van der Waals surface area (Å²) in [6.45, 7) is 4.46. The molecule has 1 saturated heterocycles. The second-order valence-electron chi connectivity index (χ2n) is 8.51. The molecule has 1 fully saturated rings. The van der Waals surface area contributed by atoms with E-state index in [4.69, 9.17) is 32.7 Å². The Bertz CT molecular complexity index is 832. The normalized spacial score (nSPS) is 19.9. The van der Waals surface area contributed by atoms with Crippen LogP contribution >= 0.6 is 23.2 Å². The first-order chi connectivity index (χ1) is 14.8. The summed E-state index contributed by atoms with van der Waals surface area (Å²) in [5, 5.41) is 12.0. The molecule has 0 aliphatic carbocycles. The molecule has 0 spiro atoms. The van der Waals surface area contributed by atoms with Gasteiger partial charge in [0.1, 0.15) is 24.7 Å². The maximum absolute atomic E-state index is 11.0. The van der Waals surface area contributed by atoms with Crippen LogP contribution in [0.2, 0.25) is 10.0 Å². The average Bonchev–Trinajstić information content (AvgIpc) is 2.92. The number of benzene rings is 2. The van der Waals surface area contributed by atoms with Crippen LogP contribution < -0.4 is 9.47 Å². The Labute approximate surface area is 195 Å². The van der Waals surface area contributed by atoms with Crippen LogP contribution in [0, 0.1) is 0 Å². The number of rotatable bonds is 9. The van der Waals surface area contributed by atoms with Crippen molar-refractivity contribution < 1.29 is 14.6 Å². The van der Waals surface area contributed by atoms with Gasteiger partial charge in [-0.15, -0.1) is 0 Å². The number of halogens is 2. The van der Waals surface area contributed by atoms with Gasteiger partial charge < -0.3 is 19.5 Å². The van der Waals surface area contributed by atoms with Gasteiger partial charge in [-0.2, -0.15) is 0 Å². The first-order valence-corrected chi connectivity index (χ1v) is 11.5. The van der Waals surface area contributed by atoms with Crippen LogP contribution in [0.15, 0.2) is 42.5 Å². The van der Waals surface area contributed by atoms with Gasteiger partial charge in [0.25, 0.3) is 0 Å². The third kappa shape index (κ3) is 7.85. The highest BCUT2D eigenvalue weighted by Gasteiger charge is 2.31. The molecular formula is C24H32Cl2N2O3. The molecule has 1 aliphatic heterocycles. The second-order valence-corrected chi connectivity index (χ2v) is 9.33. The summed E-state index contributed by atoms with van der Waals surface area (Å²) >= 11 is 12.0. The van der Waals surface area contributed by atoms with Gasteiger partial charge >= 0.3 is 0 Å². The van der Waals surface area contributed by atoms with Crippen molar-refractivity contribution in [2.45, 2.75) is 31.4 Å². The van der Waals surface area contributed by atoms with Crippen molar-refractivity contribution in [3.05, 3.63) is 58.1 Å². The molecule has 1 aliphatic rings. The molecule has 0 aromatic heterocycles. The Morgan fingerprint density at radius 2 is 1.71 bits per heavy atom. The summed E-state index contributed by atoms with van der Waals surface area (Å²) in [5.41, 5.74) is 0.405. The van der Waals surface area contributed by atoms with Gasteiger partial charge in [-0.1, -0.05) is 35.3 Å². The Hall–Kier alpha value is -1.50. The van der Waals surface area contributed by atoms with Gasteiger partial charge in [0, 0.05) is 25.7 Å². The van der Waals surface area contributed by atoms with Crippen LogP contribution in [0.3, 0.4) is 0 Å². The molecule has 5 nitrogen and oxygen atoms in total. The molecule has 2 aromatic rings. The van der Waals surface area contributed by atoms with Crippen molar-refractivity contribution in [3.8, 4) is 11.5 Å². The molecule has 1 atom stereocenters. The third-order valence-electron chi connectivity index (χ3n) is 5.55. The smallest absolute Gasteiger partial charge is 0.121 e. The zero-order valence-corrected chi connectivity index (χ0v) is 19.8. The van der Waals surface area contributed by atoms with E-state index < -0.39 is 5.60 Å². The average molecular weight is 467 g/mol. The summed E-state index contributed by atoms with van der Waals surface area (Å²) in [6, 6.07) is 13.5. The molecule has 170 valence electrons. The van der Waals surface area contributed by atoms with Gasteiger partial charge in [-0.25, -0.2) is 0 Å². The number of hydrogen-bond acceptors (Lipinski definition) is 5. The summed E-state index contributed by atoms with van der Waals surface area (Å²) < 4.78 is 11.6. The number of likely N-dealkylation sites (tertiary alicyclic amines) is 1. The highest BCUT2D eigenvalue weighted by Crippen LogP contribution is 2.29. The zero-order valence-electron chi connectivity index (χ0n) is 18.3.